The summed E-state index contributed by atoms with van der Waals surface area (Å²) >= 11 is 2.92. The first-order chi connectivity index (χ1) is 11.6. The van der Waals surface area contributed by atoms with Crippen LogP contribution < -0.4 is 9.46 Å². The predicted octanol–water partition coefficient (Wildman–Crippen LogP) is 3.50. The number of hydrogen-bond acceptors (Lipinski definition) is 7. The standard InChI is InChI=1S/C15H13N3O3S3/c1-21-13-4-2-3-5-14(13)24(19,20)18-11-6-8-12(9-7-11)23-15-17-16-10-22-15/h2-10,18H,1H3. The number of para-hydroxylation sites is 1. The molecule has 0 fully saturated rings. The molecule has 1 N–H and O–H groups in total. The fraction of sp³-hybridized carbons (Fsp3) is 0.0667. The lowest BCUT2D eigenvalue weighted by molar-refractivity contribution is 0.403. The minimum Gasteiger partial charge on any atom is -0.495 e. The van der Waals surface area contributed by atoms with E-state index in [0.717, 1.165) is 9.24 Å². The van der Waals surface area contributed by atoms with Gasteiger partial charge in [0, 0.05) is 10.6 Å². The maximum atomic E-state index is 12.5. The summed E-state index contributed by atoms with van der Waals surface area (Å²) in [5.74, 6) is 0.299. The lowest BCUT2D eigenvalue weighted by Crippen LogP contribution is -2.13. The van der Waals surface area contributed by atoms with Crippen LogP contribution in [0, 0.1) is 0 Å². The van der Waals surface area contributed by atoms with Crippen molar-refractivity contribution in [3.8, 4) is 5.75 Å². The first-order valence-corrected chi connectivity index (χ1v) is 9.96. The van der Waals surface area contributed by atoms with Gasteiger partial charge in [-0.15, -0.1) is 10.2 Å². The molecule has 2 aromatic carbocycles. The highest BCUT2D eigenvalue weighted by molar-refractivity contribution is 8.01. The van der Waals surface area contributed by atoms with Crippen molar-refractivity contribution < 1.29 is 13.2 Å². The molecular weight excluding hydrogens is 366 g/mol. The molecule has 1 heterocycles. The number of aromatic nitrogens is 2. The van der Waals surface area contributed by atoms with E-state index in [1.807, 2.05) is 12.1 Å². The summed E-state index contributed by atoms with van der Waals surface area (Å²) in [4.78, 5) is 1.05. The lowest BCUT2D eigenvalue weighted by Gasteiger charge is -2.11. The third-order valence-electron chi connectivity index (χ3n) is 3.01. The summed E-state index contributed by atoms with van der Waals surface area (Å²) in [6, 6.07) is 13.5. The smallest absolute Gasteiger partial charge is 0.265 e. The average molecular weight is 379 g/mol. The van der Waals surface area contributed by atoms with Crippen molar-refractivity contribution in [3.63, 3.8) is 0 Å². The monoisotopic (exact) mass is 379 g/mol. The molecule has 0 radical (unpaired) electrons. The number of benzene rings is 2. The largest absolute Gasteiger partial charge is 0.495 e. The second-order valence-corrected chi connectivity index (χ2v) is 8.39. The van der Waals surface area contributed by atoms with Crippen LogP contribution in [-0.4, -0.2) is 25.7 Å². The van der Waals surface area contributed by atoms with E-state index >= 15 is 0 Å². The highest BCUT2D eigenvalue weighted by Gasteiger charge is 2.19. The zero-order chi connectivity index (χ0) is 17.0. The minimum atomic E-state index is -3.72. The minimum absolute atomic E-state index is 0.0970. The summed E-state index contributed by atoms with van der Waals surface area (Å²) < 4.78 is 33.5. The highest BCUT2D eigenvalue weighted by Crippen LogP contribution is 2.30. The van der Waals surface area contributed by atoms with Crippen LogP contribution in [0.1, 0.15) is 0 Å². The number of anilines is 1. The van der Waals surface area contributed by atoms with Crippen molar-refractivity contribution in [1.82, 2.24) is 10.2 Å². The van der Waals surface area contributed by atoms with Crippen molar-refractivity contribution in [2.45, 2.75) is 14.1 Å². The fourth-order valence-corrected chi connectivity index (χ4v) is 4.63. The Morgan fingerprint density at radius 1 is 1.12 bits per heavy atom. The Kier molecular flexibility index (Phi) is 5.03. The van der Waals surface area contributed by atoms with Crippen molar-refractivity contribution in [1.29, 1.82) is 0 Å². The van der Waals surface area contributed by atoms with Gasteiger partial charge in [-0.25, -0.2) is 8.42 Å². The number of rotatable bonds is 6. The molecule has 0 saturated heterocycles. The van der Waals surface area contributed by atoms with E-state index < -0.39 is 10.0 Å². The van der Waals surface area contributed by atoms with E-state index in [4.69, 9.17) is 4.74 Å². The van der Waals surface area contributed by atoms with Crippen LogP contribution in [0.3, 0.4) is 0 Å². The topological polar surface area (TPSA) is 81.2 Å². The SMILES string of the molecule is COc1ccccc1S(=O)(=O)Nc1ccc(Sc2nncs2)cc1. The molecule has 3 rings (SSSR count). The highest BCUT2D eigenvalue weighted by atomic mass is 32.2. The van der Waals surface area contributed by atoms with Gasteiger partial charge in [-0.2, -0.15) is 0 Å². The number of sulfonamides is 1. The molecular formula is C15H13N3O3S3. The van der Waals surface area contributed by atoms with Gasteiger partial charge < -0.3 is 4.74 Å². The molecule has 124 valence electrons. The van der Waals surface area contributed by atoms with Gasteiger partial charge in [0.1, 0.15) is 16.2 Å². The van der Waals surface area contributed by atoms with Crippen LogP contribution in [0.5, 0.6) is 5.75 Å². The summed E-state index contributed by atoms with van der Waals surface area (Å²) in [6.07, 6.45) is 0. The number of hydrogen-bond donors (Lipinski definition) is 1. The van der Waals surface area contributed by atoms with Gasteiger partial charge in [0.25, 0.3) is 10.0 Å². The van der Waals surface area contributed by atoms with Gasteiger partial charge in [0.15, 0.2) is 4.34 Å². The van der Waals surface area contributed by atoms with E-state index in [-0.39, 0.29) is 4.90 Å². The molecule has 0 atom stereocenters. The molecule has 0 spiro atoms. The predicted molar refractivity (Wildman–Crippen MR) is 94.3 cm³/mol. The molecule has 0 unspecified atom stereocenters. The molecule has 0 bridgehead atoms. The third kappa shape index (κ3) is 3.86. The van der Waals surface area contributed by atoms with Gasteiger partial charge in [-0.05, 0) is 36.4 Å². The second kappa shape index (κ2) is 7.20. The molecule has 0 aliphatic carbocycles. The Hall–Kier alpha value is -2.10. The van der Waals surface area contributed by atoms with Crippen molar-refractivity contribution in [2.75, 3.05) is 11.8 Å². The van der Waals surface area contributed by atoms with Crippen LogP contribution in [0.4, 0.5) is 5.69 Å². The molecule has 1 aromatic heterocycles. The molecule has 0 aliphatic rings. The third-order valence-corrected chi connectivity index (χ3v) is 6.22. The zero-order valence-corrected chi connectivity index (χ0v) is 15.0. The van der Waals surface area contributed by atoms with E-state index in [0.29, 0.717) is 11.4 Å². The second-order valence-electron chi connectivity index (χ2n) is 4.59. The van der Waals surface area contributed by atoms with Crippen LogP contribution in [0.25, 0.3) is 0 Å². The number of nitrogens with zero attached hydrogens (tertiary/aromatic N) is 2. The van der Waals surface area contributed by atoms with E-state index in [1.165, 1.54) is 36.3 Å². The van der Waals surface area contributed by atoms with Crippen LogP contribution >= 0.6 is 23.1 Å². The van der Waals surface area contributed by atoms with Crippen molar-refractivity contribution >= 4 is 38.8 Å². The normalized spacial score (nSPS) is 11.2. The Morgan fingerprint density at radius 2 is 1.88 bits per heavy atom. The fourth-order valence-electron chi connectivity index (χ4n) is 1.95. The molecule has 0 amide bonds. The van der Waals surface area contributed by atoms with E-state index in [9.17, 15) is 8.42 Å². The molecule has 9 heteroatoms. The molecule has 6 nitrogen and oxygen atoms in total. The Labute approximate surface area is 148 Å². The van der Waals surface area contributed by atoms with Gasteiger partial charge in [-0.1, -0.05) is 35.2 Å². The maximum Gasteiger partial charge on any atom is 0.265 e. The Morgan fingerprint density at radius 3 is 2.54 bits per heavy atom. The van der Waals surface area contributed by atoms with Gasteiger partial charge in [0.05, 0.1) is 7.11 Å². The number of nitrogens with one attached hydrogen (secondary N) is 1. The number of methoxy groups -OCH3 is 1. The van der Waals surface area contributed by atoms with E-state index in [2.05, 4.69) is 14.9 Å². The van der Waals surface area contributed by atoms with Gasteiger partial charge >= 0.3 is 0 Å². The molecule has 3 aromatic rings. The number of ether oxygens (including phenoxy) is 1. The van der Waals surface area contributed by atoms with Crippen LogP contribution in [0.2, 0.25) is 0 Å². The maximum absolute atomic E-state index is 12.5. The molecule has 0 saturated carbocycles. The summed E-state index contributed by atoms with van der Waals surface area (Å²) in [5, 5.41) is 7.74. The van der Waals surface area contributed by atoms with Gasteiger partial charge in [-0.3, -0.25) is 4.72 Å². The Bertz CT molecular complexity index is 911. The van der Waals surface area contributed by atoms with E-state index in [1.54, 1.807) is 35.8 Å². The zero-order valence-electron chi connectivity index (χ0n) is 12.5. The summed E-state index contributed by atoms with van der Waals surface area (Å²) in [7, 11) is -2.28. The Balaban J connectivity index is 1.77. The lowest BCUT2D eigenvalue weighted by atomic mass is 10.3. The first-order valence-electron chi connectivity index (χ1n) is 6.78. The first kappa shape index (κ1) is 16.7. The van der Waals surface area contributed by atoms with Gasteiger partial charge in [0.2, 0.25) is 0 Å². The quantitative estimate of drug-likeness (QED) is 0.706. The van der Waals surface area contributed by atoms with Crippen molar-refractivity contribution in [2.24, 2.45) is 0 Å². The summed E-state index contributed by atoms with van der Waals surface area (Å²) in [5.41, 5.74) is 2.14. The van der Waals surface area contributed by atoms with Crippen LogP contribution in [0.15, 0.2) is 68.2 Å². The summed E-state index contributed by atoms with van der Waals surface area (Å²) in [6.45, 7) is 0. The van der Waals surface area contributed by atoms with Crippen LogP contribution in [-0.2, 0) is 10.0 Å². The molecule has 24 heavy (non-hydrogen) atoms. The average Bonchev–Trinajstić information content (AvgIpc) is 3.09. The molecule has 0 aliphatic heterocycles. The van der Waals surface area contributed by atoms with Crippen molar-refractivity contribution in [3.05, 3.63) is 54.0 Å².